The summed E-state index contributed by atoms with van der Waals surface area (Å²) in [4.78, 5) is 30.4. The number of carbonyl (C=O) groups is 2. The number of aromatic nitrogens is 2. The summed E-state index contributed by atoms with van der Waals surface area (Å²) in [5, 5.41) is 10.3. The van der Waals surface area contributed by atoms with Crippen LogP contribution in [0.15, 0.2) is 53.1 Å². The van der Waals surface area contributed by atoms with Crippen molar-refractivity contribution in [1.29, 1.82) is 0 Å². The van der Waals surface area contributed by atoms with E-state index in [4.69, 9.17) is 16.1 Å². The monoisotopic (exact) mass is 453 g/mol. The first-order valence-corrected chi connectivity index (χ1v) is 10.8. The fourth-order valence-electron chi connectivity index (χ4n) is 3.70. The maximum atomic E-state index is 12.6. The predicted octanol–water partition coefficient (Wildman–Crippen LogP) is 4.20. The molecule has 3 aromatic rings. The molecule has 0 unspecified atom stereocenters. The van der Waals surface area contributed by atoms with Gasteiger partial charge < -0.3 is 15.2 Å². The zero-order chi connectivity index (χ0) is 22.5. The standard InChI is InChI=1S/C23H24ClN5O3/c1-15(30)25-17-6-8-18(9-7-17)26-23(31)16-10-12-29(13-11-16)14-21-27-22(28-32-21)19-4-2-3-5-20(19)24/h2-9,16H,10-14H2,1H3,(H,25,30)(H,26,31). The number of piperidine rings is 1. The highest BCUT2D eigenvalue weighted by atomic mass is 35.5. The average molecular weight is 454 g/mol. The Hall–Kier alpha value is -3.23. The lowest BCUT2D eigenvalue weighted by Gasteiger charge is -2.30. The molecule has 1 saturated heterocycles. The third-order valence-electron chi connectivity index (χ3n) is 5.37. The molecule has 2 N–H and O–H groups in total. The van der Waals surface area contributed by atoms with Crippen LogP contribution < -0.4 is 10.6 Å². The molecule has 0 aliphatic carbocycles. The van der Waals surface area contributed by atoms with Gasteiger partial charge in [0.2, 0.25) is 23.5 Å². The minimum Gasteiger partial charge on any atom is -0.338 e. The molecule has 1 fully saturated rings. The zero-order valence-electron chi connectivity index (χ0n) is 17.7. The molecule has 1 aliphatic heterocycles. The van der Waals surface area contributed by atoms with Crippen LogP contribution in [-0.2, 0) is 16.1 Å². The Balaban J connectivity index is 1.26. The number of amides is 2. The van der Waals surface area contributed by atoms with Gasteiger partial charge in [0, 0.05) is 29.8 Å². The Morgan fingerprint density at radius 2 is 1.72 bits per heavy atom. The molecule has 32 heavy (non-hydrogen) atoms. The number of carbonyl (C=O) groups excluding carboxylic acids is 2. The summed E-state index contributed by atoms with van der Waals surface area (Å²) in [6, 6.07) is 14.5. The third-order valence-corrected chi connectivity index (χ3v) is 5.70. The van der Waals surface area contributed by atoms with Crippen molar-refractivity contribution in [3.05, 3.63) is 59.4 Å². The van der Waals surface area contributed by atoms with Crippen LogP contribution in [0.3, 0.4) is 0 Å². The summed E-state index contributed by atoms with van der Waals surface area (Å²) in [6.45, 7) is 3.53. The number of likely N-dealkylation sites (tertiary alicyclic amines) is 1. The van der Waals surface area contributed by atoms with E-state index in [0.29, 0.717) is 34.7 Å². The first-order chi connectivity index (χ1) is 15.5. The first-order valence-electron chi connectivity index (χ1n) is 10.5. The van der Waals surface area contributed by atoms with E-state index < -0.39 is 0 Å². The summed E-state index contributed by atoms with van der Waals surface area (Å²) >= 11 is 6.20. The Morgan fingerprint density at radius 1 is 1.06 bits per heavy atom. The predicted molar refractivity (Wildman–Crippen MR) is 122 cm³/mol. The van der Waals surface area contributed by atoms with Gasteiger partial charge in [0.05, 0.1) is 11.6 Å². The van der Waals surface area contributed by atoms with E-state index >= 15 is 0 Å². The Bertz CT molecular complexity index is 1090. The Morgan fingerprint density at radius 3 is 2.38 bits per heavy atom. The molecule has 1 aromatic heterocycles. The van der Waals surface area contributed by atoms with Gasteiger partial charge in [-0.2, -0.15) is 4.98 Å². The maximum absolute atomic E-state index is 12.6. The second-order valence-corrected chi connectivity index (χ2v) is 8.20. The van der Waals surface area contributed by atoms with Gasteiger partial charge in [0.25, 0.3) is 0 Å². The molecule has 2 aromatic carbocycles. The van der Waals surface area contributed by atoms with Gasteiger partial charge in [-0.3, -0.25) is 14.5 Å². The lowest BCUT2D eigenvalue weighted by molar-refractivity contribution is -0.121. The number of hydrogen-bond donors (Lipinski definition) is 2. The molecule has 9 heteroatoms. The first kappa shape index (κ1) is 22.0. The number of halogens is 1. The second kappa shape index (κ2) is 9.93. The van der Waals surface area contributed by atoms with Gasteiger partial charge >= 0.3 is 0 Å². The average Bonchev–Trinajstić information content (AvgIpc) is 3.24. The highest BCUT2D eigenvalue weighted by molar-refractivity contribution is 6.33. The van der Waals surface area contributed by atoms with Crippen molar-refractivity contribution < 1.29 is 14.1 Å². The third kappa shape index (κ3) is 5.52. The van der Waals surface area contributed by atoms with Gasteiger partial charge in [0.1, 0.15) is 0 Å². The highest BCUT2D eigenvalue weighted by Crippen LogP contribution is 2.26. The topological polar surface area (TPSA) is 100 Å². The van der Waals surface area contributed by atoms with Crippen LogP contribution in [0.4, 0.5) is 11.4 Å². The molecule has 8 nitrogen and oxygen atoms in total. The van der Waals surface area contributed by atoms with E-state index in [9.17, 15) is 9.59 Å². The number of nitrogens with zero attached hydrogens (tertiary/aromatic N) is 3. The van der Waals surface area contributed by atoms with Crippen molar-refractivity contribution in [3.63, 3.8) is 0 Å². The molecule has 0 saturated carbocycles. The molecule has 0 atom stereocenters. The van der Waals surface area contributed by atoms with Crippen LogP contribution in [0.5, 0.6) is 0 Å². The van der Waals surface area contributed by atoms with E-state index in [1.54, 1.807) is 30.3 Å². The SMILES string of the molecule is CC(=O)Nc1ccc(NC(=O)C2CCN(Cc3nc(-c4ccccc4Cl)no3)CC2)cc1. The summed E-state index contributed by atoms with van der Waals surface area (Å²) in [5.74, 6) is 0.832. The summed E-state index contributed by atoms with van der Waals surface area (Å²) in [6.07, 6.45) is 1.50. The van der Waals surface area contributed by atoms with Crippen LogP contribution >= 0.6 is 11.6 Å². The van der Waals surface area contributed by atoms with Gasteiger partial charge in [-0.25, -0.2) is 0 Å². The lowest BCUT2D eigenvalue weighted by atomic mass is 9.96. The molecule has 1 aliphatic rings. The van der Waals surface area contributed by atoms with Crippen LogP contribution in [0.25, 0.3) is 11.4 Å². The van der Waals surface area contributed by atoms with E-state index in [1.165, 1.54) is 6.92 Å². The molecule has 2 amide bonds. The van der Waals surface area contributed by atoms with Crippen LogP contribution in [0, 0.1) is 5.92 Å². The molecular weight excluding hydrogens is 430 g/mol. The summed E-state index contributed by atoms with van der Waals surface area (Å²) < 4.78 is 5.40. The second-order valence-electron chi connectivity index (χ2n) is 7.79. The maximum Gasteiger partial charge on any atom is 0.241 e. The van der Waals surface area contributed by atoms with Gasteiger partial charge in [-0.1, -0.05) is 28.9 Å². The fourth-order valence-corrected chi connectivity index (χ4v) is 3.92. The minimum absolute atomic E-state index is 0.00993. The summed E-state index contributed by atoms with van der Waals surface area (Å²) in [5.41, 5.74) is 2.15. The summed E-state index contributed by atoms with van der Waals surface area (Å²) in [7, 11) is 0. The van der Waals surface area contributed by atoms with Crippen molar-refractivity contribution >= 4 is 34.8 Å². The smallest absolute Gasteiger partial charge is 0.241 e. The van der Waals surface area contributed by atoms with Crippen molar-refractivity contribution in [1.82, 2.24) is 15.0 Å². The number of nitrogens with one attached hydrogen (secondary N) is 2. The molecule has 4 rings (SSSR count). The quantitative estimate of drug-likeness (QED) is 0.580. The largest absolute Gasteiger partial charge is 0.338 e. The molecule has 0 bridgehead atoms. The van der Waals surface area contributed by atoms with Crippen molar-refractivity contribution in [2.45, 2.75) is 26.3 Å². The molecular formula is C23H24ClN5O3. The van der Waals surface area contributed by atoms with Crippen molar-refractivity contribution in [2.24, 2.45) is 5.92 Å². The molecule has 0 radical (unpaired) electrons. The van der Waals surface area contributed by atoms with Gasteiger partial charge in [0.15, 0.2) is 0 Å². The molecule has 0 spiro atoms. The highest BCUT2D eigenvalue weighted by Gasteiger charge is 2.26. The fraction of sp³-hybridized carbons (Fsp3) is 0.304. The minimum atomic E-state index is -0.130. The number of rotatable bonds is 6. The number of anilines is 2. The van der Waals surface area contributed by atoms with Gasteiger partial charge in [-0.15, -0.1) is 0 Å². The van der Waals surface area contributed by atoms with E-state index in [2.05, 4.69) is 25.7 Å². The van der Waals surface area contributed by atoms with Crippen molar-refractivity contribution in [3.8, 4) is 11.4 Å². The Labute approximate surface area is 190 Å². The number of benzene rings is 2. The van der Waals surface area contributed by atoms with Crippen molar-refractivity contribution in [2.75, 3.05) is 23.7 Å². The van der Waals surface area contributed by atoms with E-state index in [0.717, 1.165) is 31.5 Å². The van der Waals surface area contributed by atoms with E-state index in [-0.39, 0.29) is 17.7 Å². The molecule has 166 valence electrons. The van der Waals surface area contributed by atoms with Gasteiger partial charge in [-0.05, 0) is 62.3 Å². The number of hydrogen-bond acceptors (Lipinski definition) is 6. The normalized spacial score (nSPS) is 14.8. The van der Waals surface area contributed by atoms with Crippen LogP contribution in [-0.4, -0.2) is 39.9 Å². The van der Waals surface area contributed by atoms with Crippen LogP contribution in [0.2, 0.25) is 5.02 Å². The lowest BCUT2D eigenvalue weighted by Crippen LogP contribution is -2.37. The molecule has 2 heterocycles. The van der Waals surface area contributed by atoms with Crippen LogP contribution in [0.1, 0.15) is 25.7 Å². The van der Waals surface area contributed by atoms with E-state index in [1.807, 2.05) is 18.2 Å². The Kier molecular flexibility index (Phi) is 6.82. The zero-order valence-corrected chi connectivity index (χ0v) is 18.4.